The molecule has 5 heteroatoms. The van der Waals surface area contributed by atoms with E-state index in [1.807, 2.05) is 33.8 Å². The number of aliphatic hydroxyl groups is 1. The first kappa shape index (κ1) is 17.6. The summed E-state index contributed by atoms with van der Waals surface area (Å²) < 4.78 is 5.62. The van der Waals surface area contributed by atoms with E-state index in [0.29, 0.717) is 13.0 Å². The summed E-state index contributed by atoms with van der Waals surface area (Å²) in [5.74, 6) is -0.226. The molecule has 1 fully saturated rings. The summed E-state index contributed by atoms with van der Waals surface area (Å²) in [6.07, 6.45) is 7.22. The van der Waals surface area contributed by atoms with Crippen LogP contribution in [0.25, 0.3) is 6.08 Å². The summed E-state index contributed by atoms with van der Waals surface area (Å²) in [7, 11) is 0. The lowest BCUT2D eigenvalue weighted by Crippen LogP contribution is -2.68. The van der Waals surface area contributed by atoms with Crippen LogP contribution < -0.4 is 5.32 Å². The van der Waals surface area contributed by atoms with Gasteiger partial charge in [-0.3, -0.25) is 9.78 Å². The number of pyridine rings is 1. The van der Waals surface area contributed by atoms with E-state index in [-0.39, 0.29) is 24.0 Å². The zero-order valence-electron chi connectivity index (χ0n) is 14.3. The molecule has 1 aliphatic rings. The van der Waals surface area contributed by atoms with Crippen LogP contribution in [0.5, 0.6) is 0 Å². The highest BCUT2D eigenvalue weighted by atomic mass is 16.5. The summed E-state index contributed by atoms with van der Waals surface area (Å²) in [6, 6.07) is 1.95. The van der Waals surface area contributed by atoms with E-state index in [9.17, 15) is 9.90 Å². The minimum Gasteiger partial charge on any atom is -0.387 e. The molecule has 5 nitrogen and oxygen atoms in total. The maximum atomic E-state index is 11.9. The van der Waals surface area contributed by atoms with E-state index in [1.54, 1.807) is 18.5 Å². The molecule has 23 heavy (non-hydrogen) atoms. The Kier molecular flexibility index (Phi) is 5.22. The van der Waals surface area contributed by atoms with Crippen molar-refractivity contribution in [3.63, 3.8) is 0 Å². The van der Waals surface area contributed by atoms with Gasteiger partial charge in [0.15, 0.2) is 0 Å². The second-order valence-corrected chi connectivity index (χ2v) is 6.75. The average Bonchev–Trinajstić information content (AvgIpc) is 2.51. The highest BCUT2D eigenvalue weighted by Gasteiger charge is 2.59. The van der Waals surface area contributed by atoms with E-state index < -0.39 is 5.60 Å². The number of hydrogen-bond acceptors (Lipinski definition) is 4. The van der Waals surface area contributed by atoms with Crippen molar-refractivity contribution in [1.82, 2.24) is 10.3 Å². The van der Waals surface area contributed by atoms with Crippen molar-refractivity contribution < 1.29 is 14.6 Å². The molecular weight excluding hydrogens is 292 g/mol. The molecule has 126 valence electrons. The Morgan fingerprint density at radius 2 is 2.26 bits per heavy atom. The number of carbonyl (C=O) groups is 1. The van der Waals surface area contributed by atoms with Gasteiger partial charge in [-0.1, -0.05) is 13.8 Å². The molecule has 1 aliphatic carbocycles. The lowest BCUT2D eigenvalue weighted by Gasteiger charge is -2.57. The molecule has 0 spiro atoms. The smallest absolute Gasteiger partial charge is 0.244 e. The average molecular weight is 318 g/mol. The number of nitrogens with zero attached hydrogens (tertiary/aromatic N) is 1. The molecule has 0 aromatic carbocycles. The lowest BCUT2D eigenvalue weighted by molar-refractivity contribution is -0.238. The molecule has 0 saturated heterocycles. The molecule has 1 amide bonds. The molecule has 0 aliphatic heterocycles. The fourth-order valence-corrected chi connectivity index (χ4v) is 2.90. The van der Waals surface area contributed by atoms with Crippen LogP contribution in [0.1, 0.15) is 38.3 Å². The zero-order valence-corrected chi connectivity index (χ0v) is 14.3. The van der Waals surface area contributed by atoms with Gasteiger partial charge < -0.3 is 15.2 Å². The number of aryl methyl sites for hydroxylation is 1. The van der Waals surface area contributed by atoms with Crippen molar-refractivity contribution in [2.24, 2.45) is 5.41 Å². The molecular formula is C18H26N2O3. The molecule has 1 aromatic heterocycles. The number of hydrogen-bond donors (Lipinski definition) is 2. The summed E-state index contributed by atoms with van der Waals surface area (Å²) >= 11 is 0. The van der Waals surface area contributed by atoms with Crippen LogP contribution in [0.15, 0.2) is 24.5 Å². The van der Waals surface area contributed by atoms with E-state index in [1.165, 1.54) is 6.08 Å². The van der Waals surface area contributed by atoms with E-state index in [0.717, 1.165) is 11.1 Å². The fraction of sp³-hybridized carbons (Fsp3) is 0.556. The Balaban J connectivity index is 1.87. The predicted octanol–water partition coefficient (Wildman–Crippen LogP) is 2.09. The molecule has 2 unspecified atom stereocenters. The van der Waals surface area contributed by atoms with Gasteiger partial charge in [0.2, 0.25) is 5.91 Å². The molecule has 2 atom stereocenters. The predicted molar refractivity (Wildman–Crippen MR) is 89.8 cm³/mol. The third-order valence-corrected chi connectivity index (χ3v) is 4.77. The number of carbonyl (C=O) groups excluding carboxylic acids is 1. The number of aromatic nitrogens is 1. The van der Waals surface area contributed by atoms with E-state index >= 15 is 0 Å². The van der Waals surface area contributed by atoms with Crippen LogP contribution in [0.3, 0.4) is 0 Å². The van der Waals surface area contributed by atoms with Crippen LogP contribution in [0.4, 0.5) is 0 Å². The van der Waals surface area contributed by atoms with Crippen LogP contribution in [0.2, 0.25) is 0 Å². The second-order valence-electron chi connectivity index (χ2n) is 6.75. The van der Waals surface area contributed by atoms with Crippen LogP contribution in [-0.4, -0.2) is 40.9 Å². The number of ether oxygens (including phenoxy) is 1. The summed E-state index contributed by atoms with van der Waals surface area (Å²) in [6.45, 7) is 8.69. The van der Waals surface area contributed by atoms with Crippen molar-refractivity contribution in [3.8, 4) is 0 Å². The third-order valence-electron chi connectivity index (χ3n) is 4.77. The Labute approximate surface area is 137 Å². The van der Waals surface area contributed by atoms with Gasteiger partial charge in [0.1, 0.15) is 0 Å². The zero-order chi connectivity index (χ0) is 17.1. The first-order chi connectivity index (χ1) is 10.8. The minimum atomic E-state index is -0.929. The van der Waals surface area contributed by atoms with Gasteiger partial charge in [0.05, 0.1) is 11.7 Å². The summed E-state index contributed by atoms with van der Waals surface area (Å²) in [4.78, 5) is 16.0. The van der Waals surface area contributed by atoms with Crippen molar-refractivity contribution in [2.45, 2.75) is 45.8 Å². The second kappa shape index (κ2) is 6.81. The number of nitrogens with one attached hydrogen (secondary N) is 1. The maximum absolute atomic E-state index is 11.9. The van der Waals surface area contributed by atoms with Gasteiger partial charge in [-0.2, -0.15) is 0 Å². The Morgan fingerprint density at radius 3 is 2.87 bits per heavy atom. The van der Waals surface area contributed by atoms with Crippen molar-refractivity contribution >= 4 is 12.0 Å². The van der Waals surface area contributed by atoms with Gasteiger partial charge in [-0.15, -0.1) is 0 Å². The fourth-order valence-electron chi connectivity index (χ4n) is 2.90. The molecule has 1 saturated carbocycles. The Hall–Kier alpha value is -1.72. The van der Waals surface area contributed by atoms with Gasteiger partial charge in [-0.25, -0.2) is 0 Å². The van der Waals surface area contributed by atoms with Crippen molar-refractivity contribution in [2.75, 3.05) is 13.2 Å². The van der Waals surface area contributed by atoms with E-state index in [4.69, 9.17) is 4.74 Å². The number of rotatable bonds is 6. The van der Waals surface area contributed by atoms with Gasteiger partial charge in [-0.05, 0) is 37.1 Å². The first-order valence-corrected chi connectivity index (χ1v) is 8.00. The van der Waals surface area contributed by atoms with Crippen LogP contribution >= 0.6 is 0 Å². The summed E-state index contributed by atoms with van der Waals surface area (Å²) in [5, 5.41) is 13.5. The number of amides is 1. The topological polar surface area (TPSA) is 71.5 Å². The molecule has 1 aromatic rings. The molecule has 2 N–H and O–H groups in total. The maximum Gasteiger partial charge on any atom is 0.244 e. The SMILES string of the molecule is CCOC1CC(O)(CNC(=O)C=Cc2cncc(C)c2)C1(C)C. The van der Waals surface area contributed by atoms with Gasteiger partial charge in [0.25, 0.3) is 0 Å². The molecule has 0 bridgehead atoms. The van der Waals surface area contributed by atoms with Crippen LogP contribution in [0, 0.1) is 12.3 Å². The molecule has 2 rings (SSSR count). The Morgan fingerprint density at radius 1 is 1.52 bits per heavy atom. The van der Waals surface area contributed by atoms with Crippen molar-refractivity contribution in [1.29, 1.82) is 0 Å². The molecule has 0 radical (unpaired) electrons. The highest BCUT2D eigenvalue weighted by molar-refractivity contribution is 5.91. The van der Waals surface area contributed by atoms with Gasteiger partial charge >= 0.3 is 0 Å². The summed E-state index contributed by atoms with van der Waals surface area (Å²) in [5.41, 5.74) is 0.612. The first-order valence-electron chi connectivity index (χ1n) is 8.00. The lowest BCUT2D eigenvalue weighted by atomic mass is 9.56. The van der Waals surface area contributed by atoms with E-state index in [2.05, 4.69) is 10.3 Å². The minimum absolute atomic E-state index is 0.0308. The Bertz CT molecular complexity index is 598. The standard InChI is InChI=1S/C18H26N2O3/c1-5-23-15-9-18(22,17(15,3)4)12-20-16(21)7-6-14-8-13(2)10-19-11-14/h6-8,10-11,15,22H,5,9,12H2,1-4H3,(H,20,21). The monoisotopic (exact) mass is 318 g/mol. The normalized spacial score (nSPS) is 26.0. The largest absolute Gasteiger partial charge is 0.387 e. The molecule has 1 heterocycles. The third kappa shape index (κ3) is 3.79. The van der Waals surface area contributed by atoms with Gasteiger partial charge in [0, 0.05) is 43.5 Å². The quantitative estimate of drug-likeness (QED) is 0.788. The highest BCUT2D eigenvalue weighted by Crippen LogP contribution is 2.50. The van der Waals surface area contributed by atoms with Crippen LogP contribution in [-0.2, 0) is 9.53 Å². The van der Waals surface area contributed by atoms with Crippen molar-refractivity contribution in [3.05, 3.63) is 35.7 Å².